The Balaban J connectivity index is 3.04. The molecule has 4 nitrogen and oxygen atoms in total. The van der Waals surface area contributed by atoms with Gasteiger partial charge >= 0.3 is 0 Å². The van der Waals surface area contributed by atoms with Gasteiger partial charge in [-0.1, -0.05) is 0 Å². The van der Waals surface area contributed by atoms with Crippen LogP contribution in [0, 0.1) is 6.92 Å². The van der Waals surface area contributed by atoms with Crippen LogP contribution in [-0.4, -0.2) is 34.4 Å². The van der Waals surface area contributed by atoms with Crippen molar-refractivity contribution in [2.24, 2.45) is 5.73 Å². The maximum Gasteiger partial charge on any atom is 0.146 e. The molecule has 0 heterocycles. The first kappa shape index (κ1) is 13.6. The number of hydrogen-bond acceptors (Lipinski definition) is 4. The summed E-state index contributed by atoms with van der Waals surface area (Å²) in [5.74, 6) is 1.65. The van der Waals surface area contributed by atoms with Gasteiger partial charge in [-0.3, -0.25) is 0 Å². The topological polar surface area (TPSA) is 47.7 Å². The molecule has 96 valence electrons. The van der Waals surface area contributed by atoms with Crippen LogP contribution >= 0.6 is 0 Å². The van der Waals surface area contributed by atoms with Crippen molar-refractivity contribution >= 4 is 5.69 Å². The van der Waals surface area contributed by atoms with Gasteiger partial charge in [0.25, 0.3) is 0 Å². The molecule has 1 aromatic carbocycles. The minimum atomic E-state index is 0.696. The second kappa shape index (κ2) is 6.35. The van der Waals surface area contributed by atoms with Gasteiger partial charge in [-0.05, 0) is 31.5 Å². The highest BCUT2D eigenvalue weighted by Crippen LogP contribution is 2.35. The normalized spacial score (nSPS) is 10.2. The first-order valence-corrected chi connectivity index (χ1v) is 5.77. The minimum Gasteiger partial charge on any atom is -0.497 e. The van der Waals surface area contributed by atoms with Crippen LogP contribution in [0.4, 0.5) is 5.69 Å². The van der Waals surface area contributed by atoms with Gasteiger partial charge in [-0.2, -0.15) is 0 Å². The Kier molecular flexibility index (Phi) is 5.10. The molecule has 2 N–H and O–H groups in total. The third-order valence-corrected chi connectivity index (χ3v) is 2.77. The zero-order chi connectivity index (χ0) is 12.8. The number of nitrogens with zero attached hydrogens (tertiary/aromatic N) is 1. The fraction of sp³-hybridized carbons (Fsp3) is 0.538. The smallest absolute Gasteiger partial charge is 0.146 e. The van der Waals surface area contributed by atoms with Gasteiger partial charge in [-0.15, -0.1) is 0 Å². The zero-order valence-corrected chi connectivity index (χ0v) is 11.1. The van der Waals surface area contributed by atoms with Crippen molar-refractivity contribution in [3.8, 4) is 11.5 Å². The molecule has 17 heavy (non-hydrogen) atoms. The number of anilines is 1. The molecule has 0 aliphatic carbocycles. The maximum absolute atomic E-state index is 5.53. The lowest BCUT2D eigenvalue weighted by atomic mass is 10.1. The van der Waals surface area contributed by atoms with Crippen LogP contribution in [0.1, 0.15) is 12.0 Å². The third kappa shape index (κ3) is 3.27. The van der Waals surface area contributed by atoms with Crippen molar-refractivity contribution in [1.29, 1.82) is 0 Å². The quantitative estimate of drug-likeness (QED) is 0.821. The van der Waals surface area contributed by atoms with Crippen molar-refractivity contribution in [3.05, 3.63) is 17.7 Å². The van der Waals surface area contributed by atoms with Crippen molar-refractivity contribution in [1.82, 2.24) is 0 Å². The minimum absolute atomic E-state index is 0.696. The summed E-state index contributed by atoms with van der Waals surface area (Å²) in [5.41, 5.74) is 7.77. The Hall–Kier alpha value is -1.42. The van der Waals surface area contributed by atoms with Crippen molar-refractivity contribution in [3.63, 3.8) is 0 Å². The van der Waals surface area contributed by atoms with E-state index in [1.54, 1.807) is 14.2 Å². The van der Waals surface area contributed by atoms with E-state index >= 15 is 0 Å². The van der Waals surface area contributed by atoms with Gasteiger partial charge in [0.05, 0.1) is 19.9 Å². The van der Waals surface area contributed by atoms with Gasteiger partial charge in [0.15, 0.2) is 0 Å². The SMILES string of the molecule is COc1cc(C)c(N(C)CCCN)c(OC)c1. The fourth-order valence-corrected chi connectivity index (χ4v) is 1.92. The lowest BCUT2D eigenvalue weighted by Gasteiger charge is -2.24. The molecular formula is C13H22N2O2. The number of methoxy groups -OCH3 is 2. The summed E-state index contributed by atoms with van der Waals surface area (Å²) >= 11 is 0. The second-order valence-electron chi connectivity index (χ2n) is 4.06. The molecule has 4 heteroatoms. The molecule has 0 saturated carbocycles. The summed E-state index contributed by atoms with van der Waals surface area (Å²) < 4.78 is 10.7. The van der Waals surface area contributed by atoms with E-state index in [9.17, 15) is 0 Å². The highest BCUT2D eigenvalue weighted by Gasteiger charge is 2.13. The number of hydrogen-bond donors (Lipinski definition) is 1. The predicted molar refractivity (Wildman–Crippen MR) is 71.2 cm³/mol. The van der Waals surface area contributed by atoms with E-state index in [4.69, 9.17) is 15.2 Å². The Morgan fingerprint density at radius 3 is 2.47 bits per heavy atom. The second-order valence-corrected chi connectivity index (χ2v) is 4.06. The average Bonchev–Trinajstić information content (AvgIpc) is 2.34. The Morgan fingerprint density at radius 1 is 1.24 bits per heavy atom. The van der Waals surface area contributed by atoms with Crippen LogP contribution in [0.5, 0.6) is 11.5 Å². The monoisotopic (exact) mass is 238 g/mol. The summed E-state index contributed by atoms with van der Waals surface area (Å²) in [5, 5.41) is 0. The third-order valence-electron chi connectivity index (χ3n) is 2.77. The maximum atomic E-state index is 5.53. The highest BCUT2D eigenvalue weighted by atomic mass is 16.5. The van der Waals surface area contributed by atoms with E-state index in [1.165, 1.54) is 0 Å². The molecule has 0 aliphatic heterocycles. The molecule has 0 radical (unpaired) electrons. The molecule has 0 fully saturated rings. The number of nitrogens with two attached hydrogens (primary N) is 1. The molecular weight excluding hydrogens is 216 g/mol. The van der Waals surface area contributed by atoms with Crippen LogP contribution in [0.25, 0.3) is 0 Å². The Bertz CT molecular complexity index is 367. The molecule has 0 aromatic heterocycles. The number of rotatable bonds is 6. The first-order valence-electron chi connectivity index (χ1n) is 5.77. The highest BCUT2D eigenvalue weighted by molar-refractivity contribution is 5.65. The van der Waals surface area contributed by atoms with E-state index in [-0.39, 0.29) is 0 Å². The molecule has 0 aliphatic rings. The summed E-state index contributed by atoms with van der Waals surface area (Å²) in [6.07, 6.45) is 0.963. The molecule has 1 rings (SSSR count). The van der Waals surface area contributed by atoms with E-state index in [0.717, 1.165) is 35.7 Å². The van der Waals surface area contributed by atoms with Crippen LogP contribution in [0.2, 0.25) is 0 Å². The Morgan fingerprint density at radius 2 is 1.94 bits per heavy atom. The summed E-state index contributed by atoms with van der Waals surface area (Å²) in [7, 11) is 5.38. The van der Waals surface area contributed by atoms with Crippen LogP contribution in [0.15, 0.2) is 12.1 Å². The molecule has 0 saturated heterocycles. The van der Waals surface area contributed by atoms with Crippen molar-refractivity contribution in [2.45, 2.75) is 13.3 Å². The molecule has 0 amide bonds. The Labute approximate surface area is 103 Å². The van der Waals surface area contributed by atoms with Gasteiger partial charge in [0.2, 0.25) is 0 Å². The molecule has 0 unspecified atom stereocenters. The van der Waals surface area contributed by atoms with Crippen molar-refractivity contribution < 1.29 is 9.47 Å². The largest absolute Gasteiger partial charge is 0.497 e. The summed E-state index contributed by atoms with van der Waals surface area (Å²) in [6, 6.07) is 3.91. The summed E-state index contributed by atoms with van der Waals surface area (Å²) in [6.45, 7) is 3.67. The molecule has 0 spiro atoms. The fourth-order valence-electron chi connectivity index (χ4n) is 1.92. The lowest BCUT2D eigenvalue weighted by molar-refractivity contribution is 0.394. The van der Waals surface area contributed by atoms with E-state index in [1.807, 2.05) is 19.2 Å². The predicted octanol–water partition coefficient (Wildman–Crippen LogP) is 1.80. The number of ether oxygens (including phenoxy) is 2. The number of aryl methyl sites for hydroxylation is 1. The zero-order valence-electron chi connectivity index (χ0n) is 11.1. The van der Waals surface area contributed by atoms with E-state index < -0.39 is 0 Å². The van der Waals surface area contributed by atoms with Gasteiger partial charge < -0.3 is 20.1 Å². The lowest BCUT2D eigenvalue weighted by Crippen LogP contribution is -2.22. The molecule has 1 aromatic rings. The molecule has 0 bridgehead atoms. The van der Waals surface area contributed by atoms with Gasteiger partial charge in [0, 0.05) is 19.7 Å². The van der Waals surface area contributed by atoms with Gasteiger partial charge in [0.1, 0.15) is 11.5 Å². The average molecular weight is 238 g/mol. The van der Waals surface area contributed by atoms with E-state index in [2.05, 4.69) is 11.8 Å². The van der Waals surface area contributed by atoms with Crippen LogP contribution in [0.3, 0.4) is 0 Å². The first-order chi connectivity index (χ1) is 8.13. The van der Waals surface area contributed by atoms with Crippen LogP contribution in [-0.2, 0) is 0 Å². The van der Waals surface area contributed by atoms with Crippen LogP contribution < -0.4 is 20.1 Å². The van der Waals surface area contributed by atoms with E-state index in [0.29, 0.717) is 6.54 Å². The van der Waals surface area contributed by atoms with Gasteiger partial charge in [-0.25, -0.2) is 0 Å². The number of benzene rings is 1. The standard InChI is InChI=1S/C13H22N2O2/c1-10-8-11(16-3)9-12(17-4)13(10)15(2)7-5-6-14/h8-9H,5-7,14H2,1-4H3. The summed E-state index contributed by atoms with van der Waals surface area (Å²) in [4.78, 5) is 2.17. The molecule has 0 atom stereocenters. The van der Waals surface area contributed by atoms with Crippen molar-refractivity contribution in [2.75, 3.05) is 39.3 Å².